The zero-order valence-corrected chi connectivity index (χ0v) is 14.5. The molecule has 1 aromatic rings. The molecule has 0 radical (unpaired) electrons. The van der Waals surface area contributed by atoms with Crippen LogP contribution in [-0.2, 0) is 20.7 Å². The Kier molecular flexibility index (Phi) is 6.24. The first-order valence-corrected chi connectivity index (χ1v) is 8.99. The number of hydrogen-bond acceptors (Lipinski definition) is 4. The van der Waals surface area contributed by atoms with Crippen LogP contribution in [0.4, 0.5) is 0 Å². The van der Waals surface area contributed by atoms with Gasteiger partial charge in [0, 0.05) is 12.5 Å². The van der Waals surface area contributed by atoms with Crippen LogP contribution in [0, 0.1) is 12.8 Å². The average Bonchev–Trinajstić information content (AvgIpc) is 3.12. The molecule has 0 unspecified atom stereocenters. The molecule has 2 aliphatic rings. The van der Waals surface area contributed by atoms with Crippen LogP contribution in [0.15, 0.2) is 24.3 Å². The van der Waals surface area contributed by atoms with Crippen molar-refractivity contribution in [3.05, 3.63) is 35.4 Å². The van der Waals surface area contributed by atoms with Crippen LogP contribution < -0.4 is 5.32 Å². The largest absolute Gasteiger partial charge is 0.355 e. The molecule has 132 valence electrons. The molecule has 5 heteroatoms. The van der Waals surface area contributed by atoms with Crippen molar-refractivity contribution in [1.82, 2.24) is 10.2 Å². The van der Waals surface area contributed by atoms with Crippen LogP contribution in [-0.4, -0.2) is 56.5 Å². The van der Waals surface area contributed by atoms with Gasteiger partial charge in [-0.2, -0.15) is 0 Å². The smallest absolute Gasteiger partial charge is 0.234 e. The highest BCUT2D eigenvalue weighted by Gasteiger charge is 2.30. The molecule has 2 fully saturated rings. The van der Waals surface area contributed by atoms with Crippen LogP contribution in [0.25, 0.3) is 0 Å². The number of aryl methyl sites for hydroxylation is 1. The Balaban J connectivity index is 1.33. The standard InChI is InChI=1S/C19H28N2O3/c1-15-4-2-3-5-16(15)6-9-20-18(22)14-21-10-7-17(8-11-21)19-23-12-13-24-19/h2-5,17,19H,6-14H2,1H3,(H,20,22). The highest BCUT2D eigenvalue weighted by molar-refractivity contribution is 5.78. The van der Waals surface area contributed by atoms with Crippen molar-refractivity contribution in [2.75, 3.05) is 39.4 Å². The Morgan fingerprint density at radius 2 is 1.92 bits per heavy atom. The zero-order valence-electron chi connectivity index (χ0n) is 14.5. The van der Waals surface area contributed by atoms with E-state index in [-0.39, 0.29) is 12.2 Å². The van der Waals surface area contributed by atoms with E-state index in [0.29, 0.717) is 32.2 Å². The van der Waals surface area contributed by atoms with Gasteiger partial charge in [0.1, 0.15) is 0 Å². The summed E-state index contributed by atoms with van der Waals surface area (Å²) >= 11 is 0. The maximum absolute atomic E-state index is 12.1. The number of amides is 1. The van der Waals surface area contributed by atoms with Crippen molar-refractivity contribution in [2.45, 2.75) is 32.5 Å². The monoisotopic (exact) mass is 332 g/mol. The van der Waals surface area contributed by atoms with Crippen LogP contribution in [0.2, 0.25) is 0 Å². The lowest BCUT2D eigenvalue weighted by Gasteiger charge is -2.33. The third-order valence-electron chi connectivity index (χ3n) is 5.01. The Hall–Kier alpha value is -1.43. The summed E-state index contributed by atoms with van der Waals surface area (Å²) < 4.78 is 11.2. The first-order valence-electron chi connectivity index (χ1n) is 8.99. The molecule has 0 aromatic heterocycles. The quantitative estimate of drug-likeness (QED) is 0.862. The number of ether oxygens (including phenoxy) is 2. The molecule has 2 aliphatic heterocycles. The Bertz CT molecular complexity index is 535. The Morgan fingerprint density at radius 3 is 2.62 bits per heavy atom. The molecular weight excluding hydrogens is 304 g/mol. The lowest BCUT2D eigenvalue weighted by atomic mass is 9.96. The van der Waals surface area contributed by atoms with E-state index in [1.165, 1.54) is 11.1 Å². The molecule has 2 heterocycles. The zero-order chi connectivity index (χ0) is 16.8. The van der Waals surface area contributed by atoms with Crippen molar-refractivity contribution in [2.24, 2.45) is 5.92 Å². The number of benzene rings is 1. The van der Waals surface area contributed by atoms with Gasteiger partial charge in [-0.05, 0) is 50.4 Å². The summed E-state index contributed by atoms with van der Waals surface area (Å²) in [5, 5.41) is 3.04. The lowest BCUT2D eigenvalue weighted by Crippen LogP contribution is -2.43. The van der Waals surface area contributed by atoms with Crippen molar-refractivity contribution >= 4 is 5.91 Å². The molecule has 0 saturated carbocycles. The van der Waals surface area contributed by atoms with E-state index in [1.54, 1.807) is 0 Å². The van der Waals surface area contributed by atoms with E-state index in [2.05, 4.69) is 29.3 Å². The van der Waals surface area contributed by atoms with E-state index in [0.717, 1.165) is 32.4 Å². The Labute approximate surface area is 144 Å². The van der Waals surface area contributed by atoms with Gasteiger partial charge in [-0.15, -0.1) is 0 Å². The molecule has 5 nitrogen and oxygen atoms in total. The fourth-order valence-electron chi connectivity index (χ4n) is 3.52. The maximum Gasteiger partial charge on any atom is 0.234 e. The molecule has 1 amide bonds. The second-order valence-corrected chi connectivity index (χ2v) is 6.75. The minimum atomic E-state index is -0.0184. The Morgan fingerprint density at radius 1 is 1.21 bits per heavy atom. The van der Waals surface area contributed by atoms with Gasteiger partial charge >= 0.3 is 0 Å². The van der Waals surface area contributed by atoms with Gasteiger partial charge in [-0.3, -0.25) is 9.69 Å². The molecular formula is C19H28N2O3. The van der Waals surface area contributed by atoms with E-state index < -0.39 is 0 Å². The minimum absolute atomic E-state index is 0.0184. The molecule has 24 heavy (non-hydrogen) atoms. The first-order chi connectivity index (χ1) is 11.7. The fourth-order valence-corrected chi connectivity index (χ4v) is 3.52. The highest BCUT2D eigenvalue weighted by atomic mass is 16.7. The van der Waals surface area contributed by atoms with Gasteiger partial charge in [-0.25, -0.2) is 0 Å². The number of rotatable bonds is 6. The summed E-state index contributed by atoms with van der Waals surface area (Å²) in [4.78, 5) is 14.4. The van der Waals surface area contributed by atoms with Gasteiger partial charge in [0.2, 0.25) is 5.91 Å². The van der Waals surface area contributed by atoms with Gasteiger partial charge in [0.05, 0.1) is 19.8 Å². The van der Waals surface area contributed by atoms with Crippen molar-refractivity contribution in [3.63, 3.8) is 0 Å². The molecule has 0 bridgehead atoms. The molecule has 2 saturated heterocycles. The van der Waals surface area contributed by atoms with Crippen LogP contribution >= 0.6 is 0 Å². The minimum Gasteiger partial charge on any atom is -0.355 e. The lowest BCUT2D eigenvalue weighted by molar-refractivity contribution is -0.123. The molecule has 0 aliphatic carbocycles. The number of likely N-dealkylation sites (tertiary alicyclic amines) is 1. The number of carbonyl (C=O) groups excluding carboxylic acids is 1. The van der Waals surface area contributed by atoms with E-state index in [9.17, 15) is 4.79 Å². The number of nitrogens with one attached hydrogen (secondary N) is 1. The van der Waals surface area contributed by atoms with E-state index in [4.69, 9.17) is 9.47 Å². The second kappa shape index (κ2) is 8.60. The van der Waals surface area contributed by atoms with E-state index >= 15 is 0 Å². The topological polar surface area (TPSA) is 50.8 Å². The second-order valence-electron chi connectivity index (χ2n) is 6.75. The SMILES string of the molecule is Cc1ccccc1CCNC(=O)CN1CCC(C2OCCO2)CC1. The third kappa shape index (κ3) is 4.79. The van der Waals surface area contributed by atoms with Gasteiger partial charge < -0.3 is 14.8 Å². The number of piperidine rings is 1. The van der Waals surface area contributed by atoms with Crippen LogP contribution in [0.5, 0.6) is 0 Å². The average molecular weight is 332 g/mol. The normalized spacial score (nSPS) is 20.4. The first kappa shape index (κ1) is 17.4. The number of nitrogens with zero attached hydrogens (tertiary/aromatic N) is 1. The number of carbonyl (C=O) groups is 1. The van der Waals surface area contributed by atoms with Crippen molar-refractivity contribution in [1.29, 1.82) is 0 Å². The predicted molar refractivity (Wildman–Crippen MR) is 92.7 cm³/mol. The third-order valence-corrected chi connectivity index (χ3v) is 5.01. The summed E-state index contributed by atoms with van der Waals surface area (Å²) in [6.07, 6.45) is 2.95. The maximum atomic E-state index is 12.1. The molecule has 1 aromatic carbocycles. The summed E-state index contributed by atoms with van der Waals surface area (Å²) in [5.41, 5.74) is 2.58. The van der Waals surface area contributed by atoms with Crippen molar-refractivity contribution < 1.29 is 14.3 Å². The predicted octanol–water partition coefficient (Wildman–Crippen LogP) is 1.74. The molecule has 0 spiro atoms. The van der Waals surface area contributed by atoms with Gasteiger partial charge in [0.15, 0.2) is 6.29 Å². The molecule has 1 N–H and O–H groups in total. The molecule has 0 atom stereocenters. The molecule has 3 rings (SSSR count). The van der Waals surface area contributed by atoms with Gasteiger partial charge in [-0.1, -0.05) is 24.3 Å². The van der Waals surface area contributed by atoms with Crippen LogP contribution in [0.1, 0.15) is 24.0 Å². The summed E-state index contributed by atoms with van der Waals surface area (Å²) in [7, 11) is 0. The summed E-state index contributed by atoms with van der Waals surface area (Å²) in [6.45, 7) is 6.62. The number of hydrogen-bond donors (Lipinski definition) is 1. The van der Waals surface area contributed by atoms with Gasteiger partial charge in [0.25, 0.3) is 0 Å². The van der Waals surface area contributed by atoms with Crippen LogP contribution in [0.3, 0.4) is 0 Å². The highest BCUT2D eigenvalue weighted by Crippen LogP contribution is 2.25. The summed E-state index contributed by atoms with van der Waals surface area (Å²) in [6, 6.07) is 8.33. The van der Waals surface area contributed by atoms with E-state index in [1.807, 2.05) is 12.1 Å². The summed E-state index contributed by atoms with van der Waals surface area (Å²) in [5.74, 6) is 0.600. The fraction of sp³-hybridized carbons (Fsp3) is 0.632. The van der Waals surface area contributed by atoms with Crippen molar-refractivity contribution in [3.8, 4) is 0 Å².